The Hall–Kier alpha value is 0.0500. The smallest absolute Gasteiger partial charge is 0.0175 e. The van der Waals surface area contributed by atoms with Gasteiger partial charge in [-0.1, -0.05) is 31.9 Å². The van der Waals surface area contributed by atoms with Gasteiger partial charge in [-0.15, -0.1) is 0 Å². The third-order valence-electron chi connectivity index (χ3n) is 3.28. The van der Waals surface area contributed by atoms with Crippen molar-refractivity contribution in [1.82, 2.24) is 5.32 Å². The van der Waals surface area contributed by atoms with E-state index in [0.29, 0.717) is 0 Å². The molecule has 1 N–H and O–H groups in total. The summed E-state index contributed by atoms with van der Waals surface area (Å²) in [6.45, 7) is 14.1. The van der Waals surface area contributed by atoms with E-state index in [0.717, 1.165) is 23.5 Å². The van der Waals surface area contributed by atoms with Crippen molar-refractivity contribution < 1.29 is 0 Å². The quantitative estimate of drug-likeness (QED) is 0.737. The maximum absolute atomic E-state index is 4.18. The first kappa shape index (κ1) is 15.1. The van der Waals surface area contributed by atoms with Crippen LogP contribution in [0, 0.1) is 5.92 Å². The molecule has 1 nitrogen and oxygen atoms in total. The maximum atomic E-state index is 4.18. The van der Waals surface area contributed by atoms with Crippen LogP contribution in [0.2, 0.25) is 0 Å². The Morgan fingerprint density at radius 1 is 1.35 bits per heavy atom. The van der Waals surface area contributed by atoms with Crippen molar-refractivity contribution in [1.29, 1.82) is 0 Å². The van der Waals surface area contributed by atoms with E-state index in [1.54, 1.807) is 0 Å². The Morgan fingerprint density at radius 3 is 2.65 bits per heavy atom. The highest BCUT2D eigenvalue weighted by Crippen LogP contribution is 2.32. The Bertz CT molecular complexity index is 242. The van der Waals surface area contributed by atoms with Crippen molar-refractivity contribution in [3.63, 3.8) is 0 Å². The van der Waals surface area contributed by atoms with Gasteiger partial charge in [0.25, 0.3) is 0 Å². The summed E-state index contributed by atoms with van der Waals surface area (Å²) in [5, 5.41) is 4.39. The minimum absolute atomic E-state index is 0.201. The minimum Gasteiger partial charge on any atom is -0.308 e. The second-order valence-corrected chi connectivity index (χ2v) is 7.85. The monoisotopic (exact) mass is 255 g/mol. The van der Waals surface area contributed by atoms with Gasteiger partial charge in [0.2, 0.25) is 0 Å². The average Bonchev–Trinajstić information content (AvgIpc) is 2.23. The van der Waals surface area contributed by atoms with E-state index in [4.69, 9.17) is 0 Å². The van der Waals surface area contributed by atoms with E-state index in [2.05, 4.69) is 51.4 Å². The molecule has 0 heterocycles. The number of rotatable bonds is 5. The SMILES string of the molecule is C=C(CNC(C)(C)C)CSC1CCCC(C)C1. The Balaban J connectivity index is 2.15. The first-order valence-electron chi connectivity index (χ1n) is 6.90. The van der Waals surface area contributed by atoms with E-state index in [-0.39, 0.29) is 5.54 Å². The second-order valence-electron chi connectivity index (χ2n) is 6.56. The summed E-state index contributed by atoms with van der Waals surface area (Å²) in [4.78, 5) is 0. The predicted molar refractivity (Wildman–Crippen MR) is 80.8 cm³/mol. The molecule has 2 heteroatoms. The van der Waals surface area contributed by atoms with Gasteiger partial charge < -0.3 is 5.32 Å². The highest BCUT2D eigenvalue weighted by atomic mass is 32.2. The van der Waals surface area contributed by atoms with Crippen LogP contribution in [-0.4, -0.2) is 23.1 Å². The summed E-state index contributed by atoms with van der Waals surface area (Å²) in [5.41, 5.74) is 1.54. The van der Waals surface area contributed by atoms with Crippen molar-refractivity contribution in [2.75, 3.05) is 12.3 Å². The molecule has 100 valence electrons. The molecular formula is C15H29NS. The average molecular weight is 255 g/mol. The zero-order valence-electron chi connectivity index (χ0n) is 12.0. The van der Waals surface area contributed by atoms with Crippen molar-refractivity contribution in [3.05, 3.63) is 12.2 Å². The van der Waals surface area contributed by atoms with Crippen LogP contribution in [0.5, 0.6) is 0 Å². The summed E-state index contributed by atoms with van der Waals surface area (Å²) in [6, 6.07) is 0. The van der Waals surface area contributed by atoms with Gasteiger partial charge in [0.1, 0.15) is 0 Å². The molecule has 1 saturated carbocycles. The molecule has 0 spiro atoms. The molecule has 2 atom stereocenters. The van der Waals surface area contributed by atoms with Crippen LogP contribution >= 0.6 is 11.8 Å². The van der Waals surface area contributed by atoms with Gasteiger partial charge in [0, 0.05) is 23.1 Å². The molecule has 1 aliphatic rings. The summed E-state index contributed by atoms with van der Waals surface area (Å²) in [6.07, 6.45) is 5.68. The first-order valence-corrected chi connectivity index (χ1v) is 7.95. The zero-order chi connectivity index (χ0) is 12.9. The third-order valence-corrected chi connectivity index (χ3v) is 4.75. The lowest BCUT2D eigenvalue weighted by Gasteiger charge is -2.27. The predicted octanol–water partition coefficient (Wildman–Crippen LogP) is 4.24. The number of hydrogen-bond acceptors (Lipinski definition) is 2. The molecule has 17 heavy (non-hydrogen) atoms. The summed E-state index contributed by atoms with van der Waals surface area (Å²) >= 11 is 2.12. The van der Waals surface area contributed by atoms with Gasteiger partial charge in [0.15, 0.2) is 0 Å². The molecule has 2 unspecified atom stereocenters. The molecule has 0 aromatic rings. The summed E-state index contributed by atoms with van der Waals surface area (Å²) in [5.74, 6) is 2.06. The lowest BCUT2D eigenvalue weighted by molar-refractivity contribution is 0.394. The van der Waals surface area contributed by atoms with E-state index in [1.807, 2.05) is 0 Å². The molecule has 0 aromatic heterocycles. The van der Waals surface area contributed by atoms with Crippen molar-refractivity contribution in [2.24, 2.45) is 5.92 Å². The fraction of sp³-hybridized carbons (Fsp3) is 0.867. The Kier molecular flexibility index (Phi) is 6.08. The van der Waals surface area contributed by atoms with E-state index >= 15 is 0 Å². The van der Waals surface area contributed by atoms with Crippen LogP contribution in [0.4, 0.5) is 0 Å². The number of thioether (sulfide) groups is 1. The fourth-order valence-electron chi connectivity index (χ4n) is 2.21. The maximum Gasteiger partial charge on any atom is 0.0175 e. The highest BCUT2D eigenvalue weighted by Gasteiger charge is 2.19. The molecule has 0 aliphatic heterocycles. The van der Waals surface area contributed by atoms with Gasteiger partial charge in [0.05, 0.1) is 0 Å². The largest absolute Gasteiger partial charge is 0.308 e. The standard InChI is InChI=1S/C15H29NS/c1-12-7-6-8-14(9-12)17-11-13(2)10-16-15(3,4)5/h12,14,16H,2,6-11H2,1,3-5H3. The fourth-order valence-corrected chi connectivity index (χ4v) is 3.58. The first-order chi connectivity index (χ1) is 7.87. The normalized spacial score (nSPS) is 25.9. The molecule has 0 amide bonds. The van der Waals surface area contributed by atoms with Gasteiger partial charge in [-0.05, 0) is 39.5 Å². The molecule has 0 saturated heterocycles. The van der Waals surface area contributed by atoms with E-state index in [9.17, 15) is 0 Å². The molecule has 1 fully saturated rings. The Labute approximate surface area is 112 Å². The molecule has 0 radical (unpaired) electrons. The molecular weight excluding hydrogens is 226 g/mol. The van der Waals surface area contributed by atoms with Gasteiger partial charge in [-0.3, -0.25) is 0 Å². The molecule has 1 aliphatic carbocycles. The molecule has 0 bridgehead atoms. The van der Waals surface area contributed by atoms with Crippen LogP contribution in [0.15, 0.2) is 12.2 Å². The lowest BCUT2D eigenvalue weighted by atomic mass is 9.91. The van der Waals surface area contributed by atoms with Crippen LogP contribution in [0.25, 0.3) is 0 Å². The van der Waals surface area contributed by atoms with Gasteiger partial charge in [-0.2, -0.15) is 11.8 Å². The minimum atomic E-state index is 0.201. The van der Waals surface area contributed by atoms with Crippen LogP contribution in [-0.2, 0) is 0 Å². The highest BCUT2D eigenvalue weighted by molar-refractivity contribution is 8.00. The van der Waals surface area contributed by atoms with Gasteiger partial charge >= 0.3 is 0 Å². The molecule has 1 rings (SSSR count). The van der Waals surface area contributed by atoms with Crippen molar-refractivity contribution >= 4 is 11.8 Å². The van der Waals surface area contributed by atoms with E-state index in [1.165, 1.54) is 31.3 Å². The topological polar surface area (TPSA) is 12.0 Å². The number of nitrogens with one attached hydrogen (secondary N) is 1. The summed E-state index contributed by atoms with van der Waals surface area (Å²) in [7, 11) is 0. The Morgan fingerprint density at radius 2 is 2.06 bits per heavy atom. The zero-order valence-corrected chi connectivity index (χ0v) is 12.8. The third kappa shape index (κ3) is 7.15. The molecule has 0 aromatic carbocycles. The number of hydrogen-bond donors (Lipinski definition) is 1. The van der Waals surface area contributed by atoms with Crippen LogP contribution in [0.3, 0.4) is 0 Å². The van der Waals surface area contributed by atoms with Crippen molar-refractivity contribution in [2.45, 2.75) is 64.2 Å². The van der Waals surface area contributed by atoms with E-state index < -0.39 is 0 Å². The van der Waals surface area contributed by atoms with Gasteiger partial charge in [-0.25, -0.2) is 0 Å². The van der Waals surface area contributed by atoms with Crippen LogP contribution < -0.4 is 5.32 Å². The lowest BCUT2D eigenvalue weighted by Crippen LogP contribution is -2.37. The second kappa shape index (κ2) is 6.84. The summed E-state index contributed by atoms with van der Waals surface area (Å²) < 4.78 is 0. The van der Waals surface area contributed by atoms with Crippen LogP contribution in [0.1, 0.15) is 53.4 Å². The van der Waals surface area contributed by atoms with Crippen molar-refractivity contribution in [3.8, 4) is 0 Å².